The van der Waals surface area contributed by atoms with E-state index in [9.17, 15) is 39.6 Å². The quantitative estimate of drug-likeness (QED) is 0.280. The third-order valence-corrected chi connectivity index (χ3v) is 8.13. The Kier molecular flexibility index (Phi) is 5.50. The maximum atomic E-state index is 14.1. The van der Waals surface area contributed by atoms with Gasteiger partial charge in [0.2, 0.25) is 5.78 Å². The number of nitrogens with zero attached hydrogens (tertiary/aromatic N) is 1. The number of Topliss-reactive ketones (excluding diaryl/α,β-unsaturated/α-hetero) is 2. The van der Waals surface area contributed by atoms with Gasteiger partial charge in [0, 0.05) is 11.5 Å². The number of amides is 1. The SMILES string of the molecule is C[C@H]1c2cccc(O)c2C(O)=C2C(=O)[C@]3(O)C(O)=C(C(N)=O)C(=O)C(N(C)C)[C@@H]3[C@@H](OC(=O)C3CC3)[C@@H]21. The van der Waals surface area contributed by atoms with Gasteiger partial charge in [0.25, 0.3) is 5.91 Å². The molecule has 0 aromatic heterocycles. The average Bonchev–Trinajstić information content (AvgIpc) is 3.66. The molecule has 1 amide bonds. The first-order valence-electron chi connectivity index (χ1n) is 12.0. The van der Waals surface area contributed by atoms with Crippen LogP contribution in [0, 0.1) is 17.8 Å². The van der Waals surface area contributed by atoms with Gasteiger partial charge in [-0.1, -0.05) is 19.1 Å². The summed E-state index contributed by atoms with van der Waals surface area (Å²) in [5, 5.41) is 44.8. The minimum absolute atomic E-state index is 0.0291. The van der Waals surface area contributed by atoms with Gasteiger partial charge >= 0.3 is 5.97 Å². The Balaban J connectivity index is 1.83. The van der Waals surface area contributed by atoms with Crippen molar-refractivity contribution in [2.75, 3.05) is 14.1 Å². The number of ether oxygens (including phenoxy) is 1. The molecule has 1 aromatic carbocycles. The number of fused-ring (bicyclic) bond motifs is 3. The molecule has 6 atom stereocenters. The first-order valence-corrected chi connectivity index (χ1v) is 12.0. The van der Waals surface area contributed by atoms with Gasteiger partial charge in [-0.3, -0.25) is 24.1 Å². The van der Waals surface area contributed by atoms with Crippen LogP contribution >= 0.6 is 0 Å². The smallest absolute Gasteiger partial charge is 0.309 e. The summed E-state index contributed by atoms with van der Waals surface area (Å²) >= 11 is 0. The molecule has 0 heterocycles. The molecule has 0 spiro atoms. The number of nitrogens with two attached hydrogens (primary N) is 1. The van der Waals surface area contributed by atoms with E-state index in [4.69, 9.17) is 10.5 Å². The summed E-state index contributed by atoms with van der Waals surface area (Å²) in [6.45, 7) is 1.71. The van der Waals surface area contributed by atoms with Crippen molar-refractivity contribution in [3.05, 3.63) is 46.2 Å². The number of primary amides is 1. The van der Waals surface area contributed by atoms with Crippen LogP contribution in [0.5, 0.6) is 5.75 Å². The molecule has 1 unspecified atom stereocenters. The highest BCUT2D eigenvalue weighted by Crippen LogP contribution is 2.57. The average molecular weight is 513 g/mol. The minimum Gasteiger partial charge on any atom is -0.508 e. The summed E-state index contributed by atoms with van der Waals surface area (Å²) in [6, 6.07) is 3.15. The van der Waals surface area contributed by atoms with Gasteiger partial charge in [0.05, 0.1) is 23.4 Å². The van der Waals surface area contributed by atoms with E-state index < -0.39 is 76.0 Å². The van der Waals surface area contributed by atoms with Crippen LogP contribution in [-0.4, -0.2) is 80.6 Å². The highest BCUT2D eigenvalue weighted by atomic mass is 16.5. The van der Waals surface area contributed by atoms with E-state index >= 15 is 0 Å². The molecule has 0 aliphatic heterocycles. The van der Waals surface area contributed by atoms with E-state index in [1.165, 1.54) is 25.1 Å². The van der Waals surface area contributed by atoms with Crippen molar-refractivity contribution in [2.24, 2.45) is 23.5 Å². The maximum Gasteiger partial charge on any atom is 0.309 e. The predicted octanol–water partition coefficient (Wildman–Crippen LogP) is 0.457. The second-order valence-electron chi connectivity index (χ2n) is 10.5. The van der Waals surface area contributed by atoms with E-state index in [1.54, 1.807) is 19.1 Å². The molecule has 0 radical (unpaired) electrons. The van der Waals surface area contributed by atoms with E-state index in [1.807, 2.05) is 0 Å². The third-order valence-electron chi connectivity index (χ3n) is 8.13. The summed E-state index contributed by atoms with van der Waals surface area (Å²) in [5.41, 5.74) is 1.56. The topological polar surface area (TPSA) is 188 Å². The summed E-state index contributed by atoms with van der Waals surface area (Å²) in [5.74, 6) is -9.83. The number of aliphatic hydroxyl groups excluding tert-OH is 2. The molecule has 11 heteroatoms. The summed E-state index contributed by atoms with van der Waals surface area (Å²) in [6.07, 6.45) is -0.180. The van der Waals surface area contributed by atoms with Gasteiger partial charge in [-0.2, -0.15) is 0 Å². The molecule has 5 rings (SSSR count). The van der Waals surface area contributed by atoms with Gasteiger partial charge in [0.1, 0.15) is 28.9 Å². The highest BCUT2D eigenvalue weighted by molar-refractivity contribution is 6.24. The fourth-order valence-corrected chi connectivity index (χ4v) is 6.24. The molecule has 4 aliphatic carbocycles. The van der Waals surface area contributed by atoms with Crippen LogP contribution in [0.1, 0.15) is 36.8 Å². The van der Waals surface area contributed by atoms with E-state index in [0.717, 1.165) is 0 Å². The van der Waals surface area contributed by atoms with Crippen molar-refractivity contribution in [2.45, 2.75) is 43.4 Å². The highest BCUT2D eigenvalue weighted by Gasteiger charge is 2.69. The minimum atomic E-state index is -2.93. The maximum absolute atomic E-state index is 14.1. The first kappa shape index (κ1) is 25.0. The van der Waals surface area contributed by atoms with Gasteiger partial charge in [0.15, 0.2) is 11.4 Å². The number of hydrogen-bond acceptors (Lipinski definition) is 10. The standard InChI is InChI=1S/C26H28N2O9/c1-9-11-5-4-6-12(29)14(11)19(30)15-13(9)21(37-25(35)10-7-8-10)17-18(28(2)3)20(31)16(24(27)34)23(33)26(17,36)22(15)32/h4-6,9-10,13,17-18,21,29-30,33,36H,7-8H2,1-3H3,(H2,27,34)/t9-,13+,17+,18?,21-,26-/m0/s1. The van der Waals surface area contributed by atoms with E-state index in [0.29, 0.717) is 18.4 Å². The molecular weight excluding hydrogens is 484 g/mol. The van der Waals surface area contributed by atoms with Gasteiger partial charge in [-0.15, -0.1) is 0 Å². The lowest BCUT2D eigenvalue weighted by atomic mass is 9.54. The van der Waals surface area contributed by atoms with Gasteiger partial charge in [-0.05, 0) is 44.5 Å². The van der Waals surface area contributed by atoms with E-state index in [-0.39, 0.29) is 22.8 Å². The fraction of sp³-hybridized carbons (Fsp3) is 0.462. The number of carbonyl (C=O) groups excluding carboxylic acids is 4. The lowest BCUT2D eigenvalue weighted by Crippen LogP contribution is -2.71. The zero-order valence-corrected chi connectivity index (χ0v) is 20.5. The second-order valence-corrected chi connectivity index (χ2v) is 10.5. The molecule has 11 nitrogen and oxygen atoms in total. The van der Waals surface area contributed by atoms with Crippen molar-refractivity contribution >= 4 is 29.2 Å². The summed E-state index contributed by atoms with van der Waals surface area (Å²) in [7, 11) is 2.96. The number of esters is 1. The van der Waals surface area contributed by atoms with Crippen LogP contribution in [0.3, 0.4) is 0 Å². The molecule has 2 saturated carbocycles. The molecule has 0 saturated heterocycles. The van der Waals surface area contributed by atoms with Crippen molar-refractivity contribution in [3.63, 3.8) is 0 Å². The van der Waals surface area contributed by atoms with Crippen LogP contribution in [0.4, 0.5) is 0 Å². The molecular formula is C26H28N2O9. The molecule has 196 valence electrons. The number of aliphatic hydroxyl groups is 3. The molecule has 6 N–H and O–H groups in total. The van der Waals surface area contributed by atoms with E-state index in [2.05, 4.69) is 0 Å². The third kappa shape index (κ3) is 3.27. The Bertz CT molecular complexity index is 1330. The Morgan fingerprint density at radius 2 is 1.78 bits per heavy atom. The largest absolute Gasteiger partial charge is 0.508 e. The summed E-state index contributed by atoms with van der Waals surface area (Å²) < 4.78 is 5.92. The number of likely N-dealkylation sites (N-methyl/N-ethyl adjacent to an activating group) is 1. The van der Waals surface area contributed by atoms with Gasteiger partial charge < -0.3 is 30.9 Å². The first-order chi connectivity index (χ1) is 17.3. The molecule has 0 bridgehead atoms. The number of aromatic hydroxyl groups is 1. The Morgan fingerprint density at radius 1 is 1.14 bits per heavy atom. The number of phenolic OH excluding ortho intramolecular Hbond substituents is 1. The lowest BCUT2D eigenvalue weighted by molar-refractivity contribution is -0.186. The number of carbonyl (C=O) groups is 4. The molecule has 1 aromatic rings. The lowest BCUT2D eigenvalue weighted by Gasteiger charge is -2.54. The number of phenols is 1. The predicted molar refractivity (Wildman–Crippen MR) is 127 cm³/mol. The zero-order valence-electron chi connectivity index (χ0n) is 20.5. The van der Waals surface area contributed by atoms with Crippen LogP contribution in [0.15, 0.2) is 35.1 Å². The Hall–Kier alpha value is -3.70. The van der Waals surface area contributed by atoms with Crippen LogP contribution in [-0.2, 0) is 23.9 Å². The van der Waals surface area contributed by atoms with Crippen LogP contribution in [0.25, 0.3) is 5.76 Å². The molecule has 4 aliphatic rings. The van der Waals surface area contributed by atoms with Crippen LogP contribution in [0.2, 0.25) is 0 Å². The molecule has 2 fully saturated rings. The van der Waals surface area contributed by atoms with Crippen molar-refractivity contribution in [1.29, 1.82) is 0 Å². The fourth-order valence-electron chi connectivity index (χ4n) is 6.24. The number of hydrogen-bond donors (Lipinski definition) is 5. The Labute approximate surface area is 211 Å². The second kappa shape index (κ2) is 8.15. The normalized spacial score (nSPS) is 33.2. The Morgan fingerprint density at radius 3 is 2.35 bits per heavy atom. The van der Waals surface area contributed by atoms with Crippen molar-refractivity contribution < 1.29 is 44.3 Å². The number of rotatable bonds is 4. The van der Waals surface area contributed by atoms with Crippen molar-refractivity contribution in [1.82, 2.24) is 4.90 Å². The summed E-state index contributed by atoms with van der Waals surface area (Å²) in [4.78, 5) is 54.0. The van der Waals surface area contributed by atoms with Crippen LogP contribution < -0.4 is 5.73 Å². The van der Waals surface area contributed by atoms with Crippen molar-refractivity contribution in [3.8, 4) is 5.75 Å². The number of ketones is 2. The molecule has 37 heavy (non-hydrogen) atoms. The number of benzene rings is 1. The zero-order chi connectivity index (χ0) is 27.1. The van der Waals surface area contributed by atoms with Gasteiger partial charge in [-0.25, -0.2) is 0 Å². The monoisotopic (exact) mass is 512 g/mol.